The number of nitrogens with one attached hydrogen (secondary N) is 1. The lowest BCUT2D eigenvalue weighted by Gasteiger charge is -2.30. The Kier molecular flexibility index (Phi) is 5.77. The van der Waals surface area contributed by atoms with Crippen molar-refractivity contribution < 1.29 is 9.53 Å². The standard InChI is InChI=1S/C17H22N2O2/c1-2-14-5-3-4-6-16(14)21-12-17(20)19-15-9-7-13(11-18)8-10-15/h7-10,14,16H,2-6,12H2,1H3,(H,19,20). The van der Waals surface area contributed by atoms with Gasteiger partial charge in [-0.2, -0.15) is 5.26 Å². The molecule has 4 heteroatoms. The molecule has 2 rings (SSSR count). The third-order valence-corrected chi connectivity index (χ3v) is 4.09. The third-order valence-electron chi connectivity index (χ3n) is 4.09. The fourth-order valence-corrected chi connectivity index (χ4v) is 2.87. The summed E-state index contributed by atoms with van der Waals surface area (Å²) in [5.74, 6) is 0.446. The highest BCUT2D eigenvalue weighted by atomic mass is 16.5. The monoisotopic (exact) mass is 286 g/mol. The molecule has 0 aromatic heterocycles. The Morgan fingerprint density at radius 3 is 2.71 bits per heavy atom. The maximum Gasteiger partial charge on any atom is 0.250 e. The van der Waals surface area contributed by atoms with Crippen LogP contribution in [-0.2, 0) is 9.53 Å². The van der Waals surface area contributed by atoms with E-state index in [-0.39, 0.29) is 18.6 Å². The molecule has 0 heterocycles. The first kappa shape index (κ1) is 15.5. The van der Waals surface area contributed by atoms with Gasteiger partial charge in [0.15, 0.2) is 0 Å². The number of carbonyl (C=O) groups is 1. The zero-order chi connectivity index (χ0) is 15.1. The molecule has 2 unspecified atom stereocenters. The van der Waals surface area contributed by atoms with Gasteiger partial charge in [0.05, 0.1) is 17.7 Å². The highest BCUT2D eigenvalue weighted by Gasteiger charge is 2.24. The van der Waals surface area contributed by atoms with Crippen LogP contribution in [-0.4, -0.2) is 18.6 Å². The van der Waals surface area contributed by atoms with Gasteiger partial charge in [0, 0.05) is 5.69 Å². The van der Waals surface area contributed by atoms with E-state index in [1.807, 2.05) is 6.07 Å². The molecule has 0 aliphatic heterocycles. The first-order valence-corrected chi connectivity index (χ1v) is 7.64. The van der Waals surface area contributed by atoms with Crippen molar-refractivity contribution in [2.24, 2.45) is 5.92 Å². The van der Waals surface area contributed by atoms with Gasteiger partial charge in [-0.05, 0) is 43.0 Å². The minimum absolute atomic E-state index is 0.0984. The summed E-state index contributed by atoms with van der Waals surface area (Å²) in [5.41, 5.74) is 1.27. The van der Waals surface area contributed by atoms with Crippen LogP contribution in [0.15, 0.2) is 24.3 Å². The number of hydrogen-bond donors (Lipinski definition) is 1. The zero-order valence-electron chi connectivity index (χ0n) is 12.5. The van der Waals surface area contributed by atoms with E-state index in [2.05, 4.69) is 12.2 Å². The van der Waals surface area contributed by atoms with E-state index in [4.69, 9.17) is 10.00 Å². The van der Waals surface area contributed by atoms with Gasteiger partial charge in [-0.25, -0.2) is 0 Å². The number of hydrogen-bond acceptors (Lipinski definition) is 3. The second kappa shape index (κ2) is 7.80. The molecule has 1 aliphatic rings. The van der Waals surface area contributed by atoms with Crippen LogP contribution < -0.4 is 5.32 Å². The Bertz CT molecular complexity index is 505. The van der Waals surface area contributed by atoms with Gasteiger partial charge in [-0.3, -0.25) is 4.79 Å². The fourth-order valence-electron chi connectivity index (χ4n) is 2.87. The molecule has 1 saturated carbocycles. The van der Waals surface area contributed by atoms with E-state index >= 15 is 0 Å². The minimum atomic E-state index is -0.139. The van der Waals surface area contributed by atoms with E-state index in [0.717, 1.165) is 12.8 Å². The van der Waals surface area contributed by atoms with Crippen LogP contribution in [0.25, 0.3) is 0 Å². The molecule has 1 N–H and O–H groups in total. The van der Waals surface area contributed by atoms with Crippen molar-refractivity contribution in [1.82, 2.24) is 0 Å². The van der Waals surface area contributed by atoms with Gasteiger partial charge in [0.1, 0.15) is 6.61 Å². The van der Waals surface area contributed by atoms with Gasteiger partial charge < -0.3 is 10.1 Å². The molecule has 21 heavy (non-hydrogen) atoms. The van der Waals surface area contributed by atoms with Crippen molar-refractivity contribution in [2.75, 3.05) is 11.9 Å². The Morgan fingerprint density at radius 2 is 2.05 bits per heavy atom. The lowest BCUT2D eigenvalue weighted by Crippen LogP contribution is -2.31. The fraction of sp³-hybridized carbons (Fsp3) is 0.529. The molecular weight excluding hydrogens is 264 g/mol. The van der Waals surface area contributed by atoms with Crippen molar-refractivity contribution in [2.45, 2.75) is 45.1 Å². The minimum Gasteiger partial charge on any atom is -0.368 e. The van der Waals surface area contributed by atoms with Crippen LogP contribution in [0.4, 0.5) is 5.69 Å². The summed E-state index contributed by atoms with van der Waals surface area (Å²) in [6, 6.07) is 8.88. The number of nitrogens with zero attached hydrogens (tertiary/aromatic N) is 1. The molecule has 0 saturated heterocycles. The summed E-state index contributed by atoms with van der Waals surface area (Å²) in [6.45, 7) is 2.28. The van der Waals surface area contributed by atoms with E-state index in [1.54, 1.807) is 24.3 Å². The lowest BCUT2D eigenvalue weighted by atomic mass is 9.85. The molecule has 112 valence electrons. The van der Waals surface area contributed by atoms with Crippen molar-refractivity contribution in [1.29, 1.82) is 5.26 Å². The Labute approximate surface area is 126 Å². The van der Waals surface area contributed by atoms with Crippen molar-refractivity contribution in [3.05, 3.63) is 29.8 Å². The molecule has 2 atom stereocenters. The van der Waals surface area contributed by atoms with Crippen molar-refractivity contribution in [3.8, 4) is 6.07 Å². The van der Waals surface area contributed by atoms with Crippen LogP contribution in [0.1, 0.15) is 44.6 Å². The first-order chi connectivity index (χ1) is 10.2. The van der Waals surface area contributed by atoms with Crippen LogP contribution in [0, 0.1) is 17.2 Å². The average molecular weight is 286 g/mol. The number of ether oxygens (including phenoxy) is 1. The molecule has 1 aliphatic carbocycles. The number of carbonyl (C=O) groups excluding carboxylic acids is 1. The van der Waals surface area contributed by atoms with E-state index < -0.39 is 0 Å². The number of anilines is 1. The van der Waals surface area contributed by atoms with Gasteiger partial charge in [0.2, 0.25) is 5.91 Å². The molecule has 1 aromatic rings. The van der Waals surface area contributed by atoms with Crippen LogP contribution in [0.3, 0.4) is 0 Å². The van der Waals surface area contributed by atoms with Crippen molar-refractivity contribution in [3.63, 3.8) is 0 Å². The van der Waals surface area contributed by atoms with Gasteiger partial charge in [-0.1, -0.05) is 26.2 Å². The molecule has 1 aromatic carbocycles. The van der Waals surface area contributed by atoms with E-state index in [1.165, 1.54) is 19.3 Å². The summed E-state index contributed by atoms with van der Waals surface area (Å²) < 4.78 is 5.80. The quantitative estimate of drug-likeness (QED) is 0.901. The Hall–Kier alpha value is -1.86. The first-order valence-electron chi connectivity index (χ1n) is 7.64. The second-order valence-electron chi connectivity index (χ2n) is 5.54. The van der Waals surface area contributed by atoms with Crippen molar-refractivity contribution >= 4 is 11.6 Å². The number of rotatable bonds is 5. The summed E-state index contributed by atoms with van der Waals surface area (Å²) in [7, 11) is 0. The summed E-state index contributed by atoms with van der Waals surface area (Å²) in [6.07, 6.45) is 6.06. The molecular formula is C17H22N2O2. The molecule has 1 amide bonds. The van der Waals surface area contributed by atoms with E-state index in [9.17, 15) is 4.79 Å². The largest absolute Gasteiger partial charge is 0.368 e. The van der Waals surface area contributed by atoms with Crippen LogP contribution in [0.2, 0.25) is 0 Å². The summed E-state index contributed by atoms with van der Waals surface area (Å²) in [4.78, 5) is 11.9. The normalized spacial score (nSPS) is 21.5. The second-order valence-corrected chi connectivity index (χ2v) is 5.54. The number of benzene rings is 1. The number of amides is 1. The molecule has 4 nitrogen and oxygen atoms in total. The Morgan fingerprint density at radius 1 is 1.33 bits per heavy atom. The molecule has 1 fully saturated rings. The maximum atomic E-state index is 11.9. The zero-order valence-corrected chi connectivity index (χ0v) is 12.5. The van der Waals surface area contributed by atoms with Gasteiger partial charge in [0.25, 0.3) is 0 Å². The predicted octanol–water partition coefficient (Wildman–Crippen LogP) is 3.48. The molecule has 0 bridgehead atoms. The predicted molar refractivity (Wildman–Crippen MR) is 81.8 cm³/mol. The SMILES string of the molecule is CCC1CCCCC1OCC(=O)Nc1ccc(C#N)cc1. The summed E-state index contributed by atoms with van der Waals surface area (Å²) in [5, 5.41) is 11.5. The van der Waals surface area contributed by atoms with Gasteiger partial charge >= 0.3 is 0 Å². The third kappa shape index (κ3) is 4.57. The smallest absolute Gasteiger partial charge is 0.250 e. The highest BCUT2D eigenvalue weighted by molar-refractivity contribution is 5.91. The van der Waals surface area contributed by atoms with Gasteiger partial charge in [-0.15, -0.1) is 0 Å². The van der Waals surface area contributed by atoms with Crippen LogP contribution >= 0.6 is 0 Å². The number of nitriles is 1. The molecule has 0 spiro atoms. The lowest BCUT2D eigenvalue weighted by molar-refractivity contribution is -0.124. The van der Waals surface area contributed by atoms with Crippen LogP contribution in [0.5, 0.6) is 0 Å². The Balaban J connectivity index is 1.80. The molecule has 0 radical (unpaired) electrons. The highest BCUT2D eigenvalue weighted by Crippen LogP contribution is 2.29. The van der Waals surface area contributed by atoms with E-state index in [0.29, 0.717) is 17.2 Å². The summed E-state index contributed by atoms with van der Waals surface area (Å²) >= 11 is 0. The average Bonchev–Trinajstić information content (AvgIpc) is 2.54. The maximum absolute atomic E-state index is 11.9. The topological polar surface area (TPSA) is 62.1 Å².